The second-order valence-electron chi connectivity index (χ2n) is 4.74. The highest BCUT2D eigenvalue weighted by Gasteiger charge is 2.46. The van der Waals surface area contributed by atoms with Crippen molar-refractivity contribution in [2.75, 3.05) is 7.05 Å². The zero-order chi connectivity index (χ0) is 18.8. The number of pyridine rings is 1. The van der Waals surface area contributed by atoms with Crippen LogP contribution in [0.1, 0.15) is 16.5 Å². The van der Waals surface area contributed by atoms with Crippen LogP contribution in [-0.2, 0) is 11.0 Å². The first-order chi connectivity index (χ1) is 11.5. The van der Waals surface area contributed by atoms with Gasteiger partial charge >= 0.3 is 12.4 Å². The van der Waals surface area contributed by atoms with Gasteiger partial charge in [-0.1, -0.05) is 6.07 Å². The van der Waals surface area contributed by atoms with Gasteiger partial charge < -0.3 is 10.1 Å². The highest BCUT2D eigenvalue weighted by molar-refractivity contribution is 7.10. The van der Waals surface area contributed by atoms with Gasteiger partial charge in [0.2, 0.25) is 11.8 Å². The van der Waals surface area contributed by atoms with Crippen molar-refractivity contribution in [3.8, 4) is 11.6 Å². The molecule has 0 aromatic carbocycles. The van der Waals surface area contributed by atoms with E-state index in [1.807, 2.05) is 5.32 Å². The van der Waals surface area contributed by atoms with Gasteiger partial charge in [-0.15, -0.1) is 11.3 Å². The van der Waals surface area contributed by atoms with Crippen LogP contribution in [0.4, 0.5) is 26.3 Å². The number of alkyl halides is 6. The van der Waals surface area contributed by atoms with Crippen molar-refractivity contribution < 1.29 is 35.9 Å². The average Bonchev–Trinajstić information content (AvgIpc) is 2.95. The summed E-state index contributed by atoms with van der Waals surface area (Å²) in [5.74, 6) is -4.41. The quantitative estimate of drug-likeness (QED) is 0.798. The van der Waals surface area contributed by atoms with Crippen LogP contribution in [-0.4, -0.2) is 24.1 Å². The highest BCUT2D eigenvalue weighted by Crippen LogP contribution is 2.38. The molecule has 0 saturated heterocycles. The molecular formula is C14H10F6N2O2S. The lowest BCUT2D eigenvalue weighted by Gasteiger charge is -2.18. The summed E-state index contributed by atoms with van der Waals surface area (Å²) in [6.45, 7) is 0. The number of ether oxygens (including phenoxy) is 1. The molecule has 11 heteroatoms. The largest absolute Gasteiger partial charge is 0.438 e. The van der Waals surface area contributed by atoms with Crippen LogP contribution in [0.3, 0.4) is 0 Å². The Morgan fingerprint density at radius 1 is 1.24 bits per heavy atom. The number of hydrogen-bond donors (Lipinski definition) is 1. The van der Waals surface area contributed by atoms with Crippen LogP contribution in [0, 0.1) is 0 Å². The molecule has 0 radical (unpaired) electrons. The van der Waals surface area contributed by atoms with Gasteiger partial charge in [0.15, 0.2) is 5.92 Å². The molecule has 2 aromatic heterocycles. The Hall–Kier alpha value is -2.30. The van der Waals surface area contributed by atoms with Crippen LogP contribution >= 0.6 is 11.3 Å². The van der Waals surface area contributed by atoms with E-state index in [-0.39, 0.29) is 11.6 Å². The molecule has 25 heavy (non-hydrogen) atoms. The molecule has 0 spiro atoms. The maximum absolute atomic E-state index is 13.1. The second kappa shape index (κ2) is 6.90. The van der Waals surface area contributed by atoms with Gasteiger partial charge in [-0.25, -0.2) is 4.98 Å². The fraction of sp³-hybridized carbons (Fsp3) is 0.286. The van der Waals surface area contributed by atoms with E-state index in [1.54, 1.807) is 0 Å². The van der Waals surface area contributed by atoms with Gasteiger partial charge in [0.1, 0.15) is 10.6 Å². The number of hydrogen-bond acceptors (Lipinski definition) is 4. The Bertz CT molecular complexity index is 756. The van der Waals surface area contributed by atoms with Gasteiger partial charge in [0.25, 0.3) is 0 Å². The number of rotatable bonds is 4. The third kappa shape index (κ3) is 4.62. The number of thiophene rings is 1. The molecule has 1 N–H and O–H groups in total. The standard InChI is InChI=1S/C14H10F6N2O2S/c1-21-12(23)11(14(18,19)20)8-3-2-4-10(22-8)24-7-5-9(25-6-7)13(15,16)17/h2-6,11H,1H3,(H,21,23). The molecule has 0 bridgehead atoms. The molecule has 1 atom stereocenters. The van der Waals surface area contributed by atoms with Crippen molar-refractivity contribution in [2.45, 2.75) is 18.3 Å². The number of halogens is 6. The Labute approximate surface area is 141 Å². The van der Waals surface area contributed by atoms with Crippen LogP contribution in [0.5, 0.6) is 11.6 Å². The first-order valence-corrected chi connectivity index (χ1v) is 7.49. The zero-order valence-corrected chi connectivity index (χ0v) is 13.2. The average molecular weight is 384 g/mol. The topological polar surface area (TPSA) is 51.2 Å². The van der Waals surface area contributed by atoms with Crippen molar-refractivity contribution in [2.24, 2.45) is 0 Å². The van der Waals surface area contributed by atoms with Gasteiger partial charge in [0.05, 0.1) is 5.69 Å². The van der Waals surface area contributed by atoms with Crippen LogP contribution < -0.4 is 10.1 Å². The maximum atomic E-state index is 13.1. The lowest BCUT2D eigenvalue weighted by Crippen LogP contribution is -2.36. The van der Waals surface area contributed by atoms with E-state index in [1.165, 1.54) is 6.07 Å². The molecule has 136 valence electrons. The second-order valence-corrected chi connectivity index (χ2v) is 5.65. The Morgan fingerprint density at radius 3 is 2.44 bits per heavy atom. The number of likely N-dealkylation sites (N-methyl/N-ethyl adjacent to an activating group) is 1. The molecule has 0 fully saturated rings. The molecule has 0 aliphatic rings. The fourth-order valence-electron chi connectivity index (χ4n) is 1.89. The van der Waals surface area contributed by atoms with Crippen molar-refractivity contribution >= 4 is 17.2 Å². The Morgan fingerprint density at radius 2 is 1.92 bits per heavy atom. The smallest absolute Gasteiger partial charge is 0.425 e. The number of carbonyl (C=O) groups excluding carboxylic acids is 1. The molecule has 4 nitrogen and oxygen atoms in total. The summed E-state index contributed by atoms with van der Waals surface area (Å²) in [4.78, 5) is 14.2. The van der Waals surface area contributed by atoms with Crippen LogP contribution in [0.15, 0.2) is 29.6 Å². The summed E-state index contributed by atoms with van der Waals surface area (Å²) in [7, 11) is 1.05. The normalized spacial score (nSPS) is 13.4. The van der Waals surface area contributed by atoms with Gasteiger partial charge in [-0.2, -0.15) is 26.3 Å². The van der Waals surface area contributed by atoms with E-state index in [4.69, 9.17) is 4.74 Å². The van der Waals surface area contributed by atoms with Gasteiger partial charge in [-0.05, 0) is 6.07 Å². The van der Waals surface area contributed by atoms with E-state index in [2.05, 4.69) is 4.98 Å². The fourth-order valence-corrected chi connectivity index (χ4v) is 2.56. The zero-order valence-electron chi connectivity index (χ0n) is 12.4. The predicted molar refractivity (Wildman–Crippen MR) is 76.5 cm³/mol. The summed E-state index contributed by atoms with van der Waals surface area (Å²) in [5, 5.41) is 2.95. The number of carbonyl (C=O) groups is 1. The third-order valence-corrected chi connectivity index (χ3v) is 3.91. The van der Waals surface area contributed by atoms with Crippen molar-refractivity contribution in [3.05, 3.63) is 40.2 Å². The molecule has 1 unspecified atom stereocenters. The minimum Gasteiger partial charge on any atom is -0.438 e. The predicted octanol–water partition coefficient (Wildman–Crippen LogP) is 4.35. The summed E-state index contributed by atoms with van der Waals surface area (Å²) in [6.07, 6.45) is -9.44. The molecule has 1 amide bonds. The van der Waals surface area contributed by atoms with E-state index in [0.29, 0.717) is 17.4 Å². The summed E-state index contributed by atoms with van der Waals surface area (Å²) in [6, 6.07) is 4.02. The van der Waals surface area contributed by atoms with E-state index < -0.39 is 34.7 Å². The summed E-state index contributed by atoms with van der Waals surface area (Å²) in [5.41, 5.74) is -0.629. The molecule has 2 aromatic rings. The number of aromatic nitrogens is 1. The highest BCUT2D eigenvalue weighted by atomic mass is 32.1. The van der Waals surface area contributed by atoms with E-state index >= 15 is 0 Å². The molecule has 0 saturated carbocycles. The maximum Gasteiger partial charge on any atom is 0.425 e. The molecule has 2 rings (SSSR count). The molecule has 2 heterocycles. The first-order valence-electron chi connectivity index (χ1n) is 6.61. The van der Waals surface area contributed by atoms with Crippen LogP contribution in [0.2, 0.25) is 0 Å². The van der Waals surface area contributed by atoms with Crippen molar-refractivity contribution in [1.29, 1.82) is 0 Å². The lowest BCUT2D eigenvalue weighted by molar-refractivity contribution is -0.165. The Balaban J connectivity index is 2.29. The van der Waals surface area contributed by atoms with Gasteiger partial charge in [0, 0.05) is 24.6 Å². The third-order valence-electron chi connectivity index (χ3n) is 2.95. The van der Waals surface area contributed by atoms with Crippen molar-refractivity contribution in [1.82, 2.24) is 10.3 Å². The molecule has 0 aliphatic carbocycles. The molecule has 0 aliphatic heterocycles. The minimum absolute atomic E-state index is 0.217. The number of nitrogens with one attached hydrogen (secondary N) is 1. The number of nitrogens with zero attached hydrogens (tertiary/aromatic N) is 1. The van der Waals surface area contributed by atoms with Crippen molar-refractivity contribution in [3.63, 3.8) is 0 Å². The van der Waals surface area contributed by atoms with E-state index in [9.17, 15) is 31.1 Å². The van der Waals surface area contributed by atoms with E-state index in [0.717, 1.165) is 24.6 Å². The molecular weight excluding hydrogens is 374 g/mol. The lowest BCUT2D eigenvalue weighted by atomic mass is 10.0. The summed E-state index contributed by atoms with van der Waals surface area (Å²) < 4.78 is 81.9. The first kappa shape index (κ1) is 19.0. The monoisotopic (exact) mass is 384 g/mol. The van der Waals surface area contributed by atoms with Gasteiger partial charge in [-0.3, -0.25) is 4.79 Å². The minimum atomic E-state index is -4.89. The summed E-state index contributed by atoms with van der Waals surface area (Å²) >= 11 is 0.377. The van der Waals surface area contributed by atoms with Crippen LogP contribution in [0.25, 0.3) is 0 Å². The Kier molecular flexibility index (Phi) is 5.26. The number of amides is 1. The SMILES string of the molecule is CNC(=O)C(c1cccc(Oc2csc(C(F)(F)F)c2)n1)C(F)(F)F.